The summed E-state index contributed by atoms with van der Waals surface area (Å²) in [6.45, 7) is 3.77. The average Bonchev–Trinajstić information content (AvgIpc) is 2.26. The fourth-order valence-corrected chi connectivity index (χ4v) is 2.41. The molecule has 0 spiro atoms. The molecule has 0 aromatic carbocycles. The Labute approximate surface area is 106 Å². The maximum atomic E-state index is 12.2. The maximum Gasteiger partial charge on any atom is 0.254 e. The molecule has 2 N–H and O–H groups in total. The lowest BCUT2D eigenvalue weighted by atomic mass is 9.99. The van der Waals surface area contributed by atoms with Gasteiger partial charge >= 0.3 is 0 Å². The van der Waals surface area contributed by atoms with Crippen LogP contribution in [0.1, 0.15) is 30.1 Å². The van der Waals surface area contributed by atoms with E-state index < -0.39 is 0 Å². The summed E-state index contributed by atoms with van der Waals surface area (Å²) in [6, 6.07) is 3.15. The molecule has 1 saturated heterocycles. The highest BCUT2D eigenvalue weighted by molar-refractivity contribution is 6.29. The van der Waals surface area contributed by atoms with Crippen LogP contribution in [-0.4, -0.2) is 28.9 Å². The van der Waals surface area contributed by atoms with Crippen molar-refractivity contribution in [1.29, 1.82) is 0 Å². The van der Waals surface area contributed by atoms with E-state index in [1.54, 1.807) is 12.1 Å². The number of nitrogen functional groups attached to an aromatic ring is 1. The quantitative estimate of drug-likeness (QED) is 0.781. The zero-order chi connectivity index (χ0) is 12.4. The number of pyridine rings is 1. The van der Waals surface area contributed by atoms with Crippen molar-refractivity contribution < 1.29 is 4.79 Å². The van der Waals surface area contributed by atoms with Crippen molar-refractivity contribution in [2.75, 3.05) is 18.8 Å². The van der Waals surface area contributed by atoms with E-state index in [4.69, 9.17) is 17.3 Å². The molecule has 0 bridgehead atoms. The second kappa shape index (κ2) is 4.92. The Bertz CT molecular complexity index is 416. The molecule has 1 aliphatic rings. The monoisotopic (exact) mass is 253 g/mol. The molecule has 5 heteroatoms. The molecule has 1 fully saturated rings. The van der Waals surface area contributed by atoms with E-state index in [1.807, 2.05) is 4.90 Å². The predicted octanol–water partition coefficient (Wildman–Crippen LogP) is 2.19. The number of amides is 1. The number of rotatable bonds is 1. The molecule has 1 amide bonds. The number of nitrogens with two attached hydrogens (primary N) is 1. The number of aromatic nitrogens is 1. The predicted molar refractivity (Wildman–Crippen MR) is 68.0 cm³/mol. The molecular formula is C12H16ClN3O. The molecule has 2 rings (SSSR count). The molecule has 1 aliphatic heterocycles. The van der Waals surface area contributed by atoms with Gasteiger partial charge in [-0.3, -0.25) is 4.79 Å². The van der Waals surface area contributed by atoms with Gasteiger partial charge in [-0.25, -0.2) is 4.98 Å². The zero-order valence-electron chi connectivity index (χ0n) is 9.82. The van der Waals surface area contributed by atoms with Crippen LogP contribution in [0.5, 0.6) is 0 Å². The largest absolute Gasteiger partial charge is 0.384 e. The fourth-order valence-electron chi connectivity index (χ4n) is 2.20. The first-order valence-electron chi connectivity index (χ1n) is 5.78. The highest BCUT2D eigenvalue weighted by atomic mass is 35.5. The molecule has 2 heterocycles. The number of halogens is 1. The third-order valence-corrected chi connectivity index (χ3v) is 3.20. The molecule has 92 valence electrons. The van der Waals surface area contributed by atoms with Crippen molar-refractivity contribution in [3.05, 3.63) is 22.8 Å². The highest BCUT2D eigenvalue weighted by Gasteiger charge is 2.22. The summed E-state index contributed by atoms with van der Waals surface area (Å²) in [5.74, 6) is 0.834. The second-order valence-electron chi connectivity index (χ2n) is 4.60. The molecule has 1 aromatic rings. The van der Waals surface area contributed by atoms with Gasteiger partial charge in [0.25, 0.3) is 5.91 Å². The third kappa shape index (κ3) is 2.88. The first kappa shape index (κ1) is 12.2. The van der Waals surface area contributed by atoms with Gasteiger partial charge in [0.1, 0.15) is 11.0 Å². The van der Waals surface area contributed by atoms with Gasteiger partial charge in [0.2, 0.25) is 0 Å². The number of carbonyl (C=O) groups is 1. The molecule has 1 unspecified atom stereocenters. The van der Waals surface area contributed by atoms with Crippen LogP contribution in [-0.2, 0) is 0 Å². The minimum atomic E-state index is -0.00690. The first-order valence-corrected chi connectivity index (χ1v) is 6.16. The Morgan fingerprint density at radius 2 is 2.35 bits per heavy atom. The molecule has 4 nitrogen and oxygen atoms in total. The summed E-state index contributed by atoms with van der Waals surface area (Å²) in [4.78, 5) is 17.9. The van der Waals surface area contributed by atoms with Crippen LogP contribution in [0.4, 0.5) is 5.82 Å². The summed E-state index contributed by atoms with van der Waals surface area (Å²) < 4.78 is 0. The SMILES string of the molecule is CC1CCCN(C(=O)c2cc(N)nc(Cl)c2)C1. The number of likely N-dealkylation sites (tertiary alicyclic amines) is 1. The van der Waals surface area contributed by atoms with Gasteiger partial charge in [-0.05, 0) is 30.9 Å². The van der Waals surface area contributed by atoms with Crippen molar-refractivity contribution in [3.8, 4) is 0 Å². The van der Waals surface area contributed by atoms with E-state index in [2.05, 4.69) is 11.9 Å². The molecule has 17 heavy (non-hydrogen) atoms. The van der Waals surface area contributed by atoms with Crippen molar-refractivity contribution in [2.45, 2.75) is 19.8 Å². The van der Waals surface area contributed by atoms with Crippen molar-refractivity contribution >= 4 is 23.3 Å². The normalized spacial score (nSPS) is 20.4. The van der Waals surface area contributed by atoms with Gasteiger partial charge in [-0.15, -0.1) is 0 Å². The molecule has 0 aliphatic carbocycles. The summed E-state index contributed by atoms with van der Waals surface area (Å²) in [5, 5.41) is 0.262. The van der Waals surface area contributed by atoms with Gasteiger partial charge in [-0.2, -0.15) is 0 Å². The lowest BCUT2D eigenvalue weighted by Gasteiger charge is -2.31. The van der Waals surface area contributed by atoms with Gasteiger partial charge < -0.3 is 10.6 Å². The average molecular weight is 254 g/mol. The Morgan fingerprint density at radius 1 is 1.59 bits per heavy atom. The smallest absolute Gasteiger partial charge is 0.254 e. The van der Waals surface area contributed by atoms with E-state index in [1.165, 1.54) is 6.42 Å². The number of hydrogen-bond donors (Lipinski definition) is 1. The summed E-state index contributed by atoms with van der Waals surface area (Å²) in [6.07, 6.45) is 2.24. The maximum absolute atomic E-state index is 12.2. The van der Waals surface area contributed by atoms with Crippen LogP contribution in [0.3, 0.4) is 0 Å². The van der Waals surface area contributed by atoms with Gasteiger partial charge in [0.15, 0.2) is 0 Å². The van der Waals surface area contributed by atoms with E-state index in [9.17, 15) is 4.79 Å². The number of hydrogen-bond acceptors (Lipinski definition) is 3. The summed E-state index contributed by atoms with van der Waals surface area (Å²) >= 11 is 5.80. The van der Waals surface area contributed by atoms with Crippen LogP contribution in [0, 0.1) is 5.92 Å². The van der Waals surface area contributed by atoms with Crippen molar-refractivity contribution in [3.63, 3.8) is 0 Å². The van der Waals surface area contributed by atoms with E-state index in [0.29, 0.717) is 11.5 Å². The Kier molecular flexibility index (Phi) is 3.52. The molecular weight excluding hydrogens is 238 g/mol. The standard InChI is InChI=1S/C12H16ClN3O/c1-8-3-2-4-16(7-8)12(17)9-5-10(13)15-11(14)6-9/h5-6,8H,2-4,7H2,1H3,(H2,14,15). The number of carbonyl (C=O) groups excluding carboxylic acids is 1. The highest BCUT2D eigenvalue weighted by Crippen LogP contribution is 2.19. The Balaban J connectivity index is 2.18. The van der Waals surface area contributed by atoms with E-state index in [0.717, 1.165) is 19.5 Å². The van der Waals surface area contributed by atoms with Gasteiger partial charge in [0, 0.05) is 18.7 Å². The van der Waals surface area contributed by atoms with Crippen LogP contribution in [0.25, 0.3) is 0 Å². The summed E-state index contributed by atoms with van der Waals surface area (Å²) in [7, 11) is 0. The van der Waals surface area contributed by atoms with Gasteiger partial charge in [-0.1, -0.05) is 18.5 Å². The fraction of sp³-hybridized carbons (Fsp3) is 0.500. The van der Waals surface area contributed by atoms with E-state index >= 15 is 0 Å². The Hall–Kier alpha value is -1.29. The van der Waals surface area contributed by atoms with Crippen LogP contribution < -0.4 is 5.73 Å². The van der Waals surface area contributed by atoms with Crippen molar-refractivity contribution in [2.24, 2.45) is 5.92 Å². The van der Waals surface area contributed by atoms with Crippen LogP contribution >= 0.6 is 11.6 Å². The minimum absolute atomic E-state index is 0.00690. The lowest BCUT2D eigenvalue weighted by Crippen LogP contribution is -2.39. The molecule has 1 aromatic heterocycles. The van der Waals surface area contributed by atoms with Gasteiger partial charge in [0.05, 0.1) is 0 Å². The molecule has 0 saturated carbocycles. The topological polar surface area (TPSA) is 59.2 Å². The third-order valence-electron chi connectivity index (χ3n) is 3.01. The second-order valence-corrected chi connectivity index (χ2v) is 4.99. The van der Waals surface area contributed by atoms with Crippen molar-refractivity contribution in [1.82, 2.24) is 9.88 Å². The first-order chi connectivity index (χ1) is 8.06. The number of piperidine rings is 1. The van der Waals surface area contributed by atoms with Crippen LogP contribution in [0.2, 0.25) is 5.15 Å². The Morgan fingerprint density at radius 3 is 3.00 bits per heavy atom. The molecule has 0 radical (unpaired) electrons. The lowest BCUT2D eigenvalue weighted by molar-refractivity contribution is 0.0683. The number of anilines is 1. The summed E-state index contributed by atoms with van der Waals surface area (Å²) in [5.41, 5.74) is 6.11. The van der Waals surface area contributed by atoms with Crippen LogP contribution in [0.15, 0.2) is 12.1 Å². The minimum Gasteiger partial charge on any atom is -0.384 e. The zero-order valence-corrected chi connectivity index (χ0v) is 10.6. The van der Waals surface area contributed by atoms with E-state index in [-0.39, 0.29) is 16.9 Å². The number of nitrogens with zero attached hydrogens (tertiary/aromatic N) is 2. The molecule has 1 atom stereocenters.